The Morgan fingerprint density at radius 3 is 2.60 bits per heavy atom. The first-order valence-corrected chi connectivity index (χ1v) is 4.02. The van der Waals surface area contributed by atoms with Gasteiger partial charge < -0.3 is 16.6 Å². The van der Waals surface area contributed by atoms with Gasteiger partial charge in [0.15, 0.2) is 0 Å². The summed E-state index contributed by atoms with van der Waals surface area (Å²) in [5.74, 6) is 0. The number of fused-ring (bicyclic) bond motifs is 1. The molecule has 2 aromatic rings. The van der Waals surface area contributed by atoms with E-state index in [1.165, 1.54) is 18.2 Å². The molecule has 1 aromatic carbocycles. The van der Waals surface area contributed by atoms with Crippen molar-refractivity contribution < 1.29 is 9.58 Å². The van der Waals surface area contributed by atoms with Crippen LogP contribution in [-0.2, 0) is 0 Å². The van der Waals surface area contributed by atoms with Crippen LogP contribution in [-0.4, -0.2) is 5.10 Å². The van der Waals surface area contributed by atoms with Crippen LogP contribution in [0.3, 0.4) is 0 Å². The second kappa shape index (κ2) is 3.71. The number of hydrogen-bond donors (Lipinski definition) is 2. The highest BCUT2D eigenvalue weighted by Crippen LogP contribution is 2.11. The highest BCUT2D eigenvalue weighted by Gasteiger charge is 2.14. The van der Waals surface area contributed by atoms with Crippen LogP contribution in [0.1, 0.15) is 0 Å². The summed E-state index contributed by atoms with van der Waals surface area (Å²) in [6, 6.07) is 4.04. The maximum Gasteiger partial charge on any atom is 0.554 e. The fourth-order valence-corrected chi connectivity index (χ4v) is 1.30. The summed E-state index contributed by atoms with van der Waals surface area (Å²) < 4.78 is 0.0973. The molecule has 4 N–H and O–H groups in total. The third-order valence-corrected chi connectivity index (χ3v) is 1.99. The average molecular weight is 231 g/mol. The molecule has 1 heterocycles. The molecule has 1 aromatic heterocycles. The van der Waals surface area contributed by atoms with E-state index < -0.39 is 5.69 Å². The summed E-state index contributed by atoms with van der Waals surface area (Å²) in [5.41, 5.74) is -1.02. The smallest absolute Gasteiger partial charge is 0.554 e. The van der Waals surface area contributed by atoms with Crippen molar-refractivity contribution in [2.45, 2.75) is 0 Å². The van der Waals surface area contributed by atoms with Gasteiger partial charge in [-0.25, -0.2) is 0 Å². The molecule has 0 aliphatic carbocycles. The van der Waals surface area contributed by atoms with Gasteiger partial charge in [-0.05, 0) is 12.1 Å². The van der Waals surface area contributed by atoms with Crippen LogP contribution in [0.15, 0.2) is 23.0 Å². The highest BCUT2D eigenvalue weighted by atomic mass is 35.5. The van der Waals surface area contributed by atoms with Gasteiger partial charge in [0.1, 0.15) is 0 Å². The van der Waals surface area contributed by atoms with Crippen molar-refractivity contribution in [3.8, 4) is 0 Å². The highest BCUT2D eigenvalue weighted by molar-refractivity contribution is 6.31. The minimum Gasteiger partial charge on any atom is -0.707 e. The van der Waals surface area contributed by atoms with E-state index >= 15 is 0 Å². The average Bonchev–Trinajstić information content (AvgIpc) is 2.14. The van der Waals surface area contributed by atoms with Crippen LogP contribution >= 0.6 is 11.6 Å². The summed E-state index contributed by atoms with van der Waals surface area (Å²) in [7, 11) is 0. The Kier molecular flexibility index (Phi) is 2.78. The van der Waals surface area contributed by atoms with Crippen molar-refractivity contribution in [3.05, 3.63) is 44.1 Å². The van der Waals surface area contributed by atoms with Crippen molar-refractivity contribution in [2.75, 3.05) is 0 Å². The number of aromatic nitrogens is 3. The summed E-state index contributed by atoms with van der Waals surface area (Å²) in [4.78, 5) is 11.1. The van der Waals surface area contributed by atoms with Crippen LogP contribution in [0.4, 0.5) is 0 Å². The lowest BCUT2D eigenvalue weighted by atomic mass is 10.3. The van der Waals surface area contributed by atoms with E-state index in [9.17, 15) is 15.2 Å². The largest absolute Gasteiger partial charge is 0.707 e. The molecular weight excluding hydrogens is 224 g/mol. The predicted molar refractivity (Wildman–Crippen MR) is 52.5 cm³/mol. The van der Waals surface area contributed by atoms with Gasteiger partial charge in [-0.1, -0.05) is 11.6 Å². The Hall–Kier alpha value is -1.86. The van der Waals surface area contributed by atoms with Crippen LogP contribution in [0.2, 0.25) is 5.02 Å². The molecule has 7 nitrogen and oxygen atoms in total. The predicted octanol–water partition coefficient (Wildman–Crippen LogP) is -0.390. The van der Waals surface area contributed by atoms with E-state index in [0.29, 0.717) is 5.02 Å². The van der Waals surface area contributed by atoms with Gasteiger partial charge in [-0.15, -0.1) is 0 Å². The number of H-pyrrole nitrogens is 1. The fourth-order valence-electron chi connectivity index (χ4n) is 1.13. The zero-order valence-corrected chi connectivity index (χ0v) is 8.19. The maximum atomic E-state index is 11.2. The zero-order chi connectivity index (χ0) is 10.3. The Morgan fingerprint density at radius 2 is 1.93 bits per heavy atom. The second-order valence-electron chi connectivity index (χ2n) is 2.64. The molecule has 0 atom stereocenters. The minimum absolute atomic E-state index is 0. The lowest BCUT2D eigenvalue weighted by Crippen LogP contribution is -2.55. The molecule has 0 saturated heterocycles. The first-order valence-electron chi connectivity index (χ1n) is 3.64. The topological polar surface area (TPSA) is 122 Å². The molecule has 15 heavy (non-hydrogen) atoms. The van der Waals surface area contributed by atoms with Crippen LogP contribution in [0, 0.1) is 10.4 Å². The molecule has 0 fully saturated rings. The maximum absolute atomic E-state index is 11.2. The van der Waals surface area contributed by atoms with E-state index in [0.717, 1.165) is 0 Å². The lowest BCUT2D eigenvalue weighted by Gasteiger charge is -2.02. The van der Waals surface area contributed by atoms with Gasteiger partial charge in [0, 0.05) is 21.0 Å². The number of nitrogens with zero attached hydrogens (tertiary/aromatic N) is 2. The van der Waals surface area contributed by atoms with Crippen LogP contribution in [0.25, 0.3) is 11.0 Å². The molecule has 0 spiro atoms. The van der Waals surface area contributed by atoms with Crippen molar-refractivity contribution in [3.63, 3.8) is 0 Å². The van der Waals surface area contributed by atoms with Crippen molar-refractivity contribution in [1.82, 2.24) is 11.2 Å². The second-order valence-corrected chi connectivity index (χ2v) is 3.08. The van der Waals surface area contributed by atoms with Crippen molar-refractivity contribution in [1.29, 1.82) is 0 Å². The molecule has 0 saturated carbocycles. The van der Waals surface area contributed by atoms with E-state index in [2.05, 4.69) is 0 Å². The van der Waals surface area contributed by atoms with Gasteiger partial charge in [0.05, 0.1) is 0 Å². The van der Waals surface area contributed by atoms with E-state index in [1.54, 1.807) is 5.10 Å². The van der Waals surface area contributed by atoms with Crippen molar-refractivity contribution in [2.24, 2.45) is 0 Å². The lowest BCUT2D eigenvalue weighted by molar-refractivity contribution is -0.689. The first kappa shape index (κ1) is 11.2. The van der Waals surface area contributed by atoms with Gasteiger partial charge >= 0.3 is 11.2 Å². The van der Waals surface area contributed by atoms with Crippen molar-refractivity contribution >= 4 is 22.6 Å². The quantitative estimate of drug-likeness (QED) is 0.473. The molecule has 2 rings (SSSR count). The van der Waals surface area contributed by atoms with Gasteiger partial charge in [-0.2, -0.15) is 9.52 Å². The number of nitrogens with one attached hydrogen (secondary N) is 1. The molecule has 0 aliphatic rings. The van der Waals surface area contributed by atoms with E-state index in [-0.39, 0.29) is 26.8 Å². The fraction of sp³-hybridized carbons (Fsp3) is 0. The summed E-state index contributed by atoms with van der Waals surface area (Å²) in [6.07, 6.45) is 0. The zero-order valence-electron chi connectivity index (χ0n) is 7.44. The summed E-state index contributed by atoms with van der Waals surface area (Å²) >= 11 is 5.63. The SMILES string of the molecule is N.O=c1[nH][n+]([O-])c2cc(Cl)ccc2[n+]1[O-]. The number of benzene rings is 1. The molecule has 8 heteroatoms. The van der Waals surface area contributed by atoms with Gasteiger partial charge in [0.2, 0.25) is 5.52 Å². The monoisotopic (exact) mass is 230 g/mol. The third kappa shape index (κ3) is 1.69. The standard InChI is InChI=1S/C7H4ClN3O3.H3N/c8-4-1-2-5-6(3-4)11(14)9-7(12)10(5)13;/h1-3H,(H,9,12);1H3. The first-order chi connectivity index (χ1) is 6.59. The molecule has 0 radical (unpaired) electrons. The minimum atomic E-state index is -1.02. The molecular formula is C7H7ClN4O3. The summed E-state index contributed by atoms with van der Waals surface area (Å²) in [5, 5.41) is 24.4. The molecule has 0 amide bonds. The van der Waals surface area contributed by atoms with E-state index in [1.807, 2.05) is 0 Å². The Bertz CT molecular complexity index is 568. The van der Waals surface area contributed by atoms with Crippen LogP contribution < -0.4 is 21.4 Å². The normalized spacial score (nSPS) is 9.93. The summed E-state index contributed by atoms with van der Waals surface area (Å²) in [6.45, 7) is 0. The number of hydrogen-bond acceptors (Lipinski definition) is 4. The Balaban J connectivity index is 0.00000112. The molecule has 80 valence electrons. The number of aromatic amines is 1. The molecule has 0 aliphatic heterocycles. The van der Waals surface area contributed by atoms with E-state index in [4.69, 9.17) is 11.6 Å². The number of rotatable bonds is 0. The third-order valence-electron chi connectivity index (χ3n) is 1.76. The molecule has 0 bridgehead atoms. The number of halogens is 1. The Labute approximate surface area is 88.3 Å². The van der Waals surface area contributed by atoms with Crippen LogP contribution in [0.5, 0.6) is 0 Å². The van der Waals surface area contributed by atoms with Gasteiger partial charge in [0.25, 0.3) is 0 Å². The molecule has 0 unspecified atom stereocenters. The Morgan fingerprint density at radius 1 is 1.27 bits per heavy atom. The van der Waals surface area contributed by atoms with Gasteiger partial charge in [-0.3, -0.25) is 0 Å².